The Kier molecular flexibility index (Phi) is 6.56. The number of rotatable bonds is 8. The number of halogens is 2. The van der Waals surface area contributed by atoms with Gasteiger partial charge in [0.05, 0.1) is 6.54 Å². The van der Waals surface area contributed by atoms with Crippen molar-refractivity contribution in [2.45, 2.75) is 26.2 Å². The molecule has 0 aliphatic rings. The zero-order valence-corrected chi connectivity index (χ0v) is 15.0. The molecule has 28 heavy (non-hydrogen) atoms. The first-order chi connectivity index (χ1) is 13.6. The zero-order chi connectivity index (χ0) is 19.8. The van der Waals surface area contributed by atoms with Crippen LogP contribution in [-0.2, 0) is 19.6 Å². The van der Waals surface area contributed by atoms with Crippen LogP contribution in [0.4, 0.5) is 13.6 Å². The molecule has 0 spiro atoms. The van der Waals surface area contributed by atoms with Crippen molar-refractivity contribution in [2.75, 3.05) is 0 Å². The third kappa shape index (κ3) is 5.54. The van der Waals surface area contributed by atoms with Gasteiger partial charge in [-0.3, -0.25) is 4.68 Å². The topological polar surface area (TPSA) is 68.2 Å². The van der Waals surface area contributed by atoms with Crippen LogP contribution in [-0.4, -0.2) is 22.4 Å². The number of carbonyl (C=O) groups excluding carboxylic acids is 1. The molecule has 3 rings (SSSR count). The van der Waals surface area contributed by atoms with Crippen LogP contribution in [0.3, 0.4) is 0 Å². The lowest BCUT2D eigenvalue weighted by atomic mass is 10.1. The van der Waals surface area contributed by atoms with Crippen molar-refractivity contribution < 1.29 is 18.3 Å². The second kappa shape index (κ2) is 9.50. The standard InChI is InChI=1S/C20H20F2N4O2/c21-19(22)28-18-9-4-3-7-16(18)13-24-20(27)23-12-15-6-1-2-8-17(15)14-26-11-5-10-25-26/h1-11,19H,12-14H2,(H2,23,24,27). The van der Waals surface area contributed by atoms with Crippen molar-refractivity contribution in [1.29, 1.82) is 0 Å². The van der Waals surface area contributed by atoms with Gasteiger partial charge in [0.2, 0.25) is 0 Å². The van der Waals surface area contributed by atoms with Crippen LogP contribution in [0.15, 0.2) is 67.0 Å². The summed E-state index contributed by atoms with van der Waals surface area (Å²) in [6, 6.07) is 15.5. The minimum absolute atomic E-state index is 0.0439. The predicted molar refractivity (Wildman–Crippen MR) is 99.9 cm³/mol. The lowest BCUT2D eigenvalue weighted by Crippen LogP contribution is -2.35. The van der Waals surface area contributed by atoms with E-state index in [1.54, 1.807) is 29.1 Å². The fourth-order valence-corrected chi connectivity index (χ4v) is 2.73. The molecule has 0 aliphatic carbocycles. The molecule has 6 nitrogen and oxygen atoms in total. The Morgan fingerprint density at radius 3 is 2.29 bits per heavy atom. The van der Waals surface area contributed by atoms with Crippen LogP contribution in [0.25, 0.3) is 0 Å². The molecule has 0 radical (unpaired) electrons. The highest BCUT2D eigenvalue weighted by atomic mass is 19.3. The van der Waals surface area contributed by atoms with E-state index in [0.29, 0.717) is 18.7 Å². The average molecular weight is 386 g/mol. The molecule has 0 aliphatic heterocycles. The number of ether oxygens (including phenoxy) is 1. The van der Waals surface area contributed by atoms with E-state index < -0.39 is 12.6 Å². The maximum Gasteiger partial charge on any atom is 0.387 e. The lowest BCUT2D eigenvalue weighted by molar-refractivity contribution is -0.0504. The zero-order valence-electron chi connectivity index (χ0n) is 15.0. The molecule has 1 aromatic heterocycles. The van der Waals surface area contributed by atoms with Gasteiger partial charge in [-0.1, -0.05) is 42.5 Å². The number of para-hydroxylation sites is 1. The minimum atomic E-state index is -2.92. The molecule has 8 heteroatoms. The highest BCUT2D eigenvalue weighted by Gasteiger charge is 2.10. The Morgan fingerprint density at radius 1 is 0.964 bits per heavy atom. The quantitative estimate of drug-likeness (QED) is 0.622. The molecular weight excluding hydrogens is 366 g/mol. The molecule has 2 amide bonds. The van der Waals surface area contributed by atoms with Crippen LogP contribution in [0, 0.1) is 0 Å². The van der Waals surface area contributed by atoms with E-state index in [-0.39, 0.29) is 12.3 Å². The minimum Gasteiger partial charge on any atom is -0.434 e. The Labute approximate surface area is 161 Å². The SMILES string of the molecule is O=C(NCc1ccccc1Cn1cccn1)NCc1ccccc1OC(F)F. The summed E-state index contributed by atoms with van der Waals surface area (Å²) >= 11 is 0. The Hall–Kier alpha value is -3.42. The summed E-state index contributed by atoms with van der Waals surface area (Å²) in [5.74, 6) is 0.0439. The summed E-state index contributed by atoms with van der Waals surface area (Å²) in [6.07, 6.45) is 3.58. The van der Waals surface area contributed by atoms with E-state index >= 15 is 0 Å². The molecule has 0 bridgehead atoms. The first-order valence-corrected chi connectivity index (χ1v) is 8.70. The summed E-state index contributed by atoms with van der Waals surface area (Å²) in [6.45, 7) is -1.91. The number of alkyl halides is 2. The van der Waals surface area contributed by atoms with Gasteiger partial charge >= 0.3 is 12.6 Å². The van der Waals surface area contributed by atoms with Gasteiger partial charge in [0.15, 0.2) is 0 Å². The van der Waals surface area contributed by atoms with Crippen molar-refractivity contribution in [3.63, 3.8) is 0 Å². The van der Waals surface area contributed by atoms with E-state index in [9.17, 15) is 13.6 Å². The van der Waals surface area contributed by atoms with Crippen LogP contribution in [0.5, 0.6) is 5.75 Å². The maximum atomic E-state index is 12.5. The van der Waals surface area contributed by atoms with Gasteiger partial charge in [0.1, 0.15) is 5.75 Å². The van der Waals surface area contributed by atoms with Crippen LogP contribution >= 0.6 is 0 Å². The molecule has 1 heterocycles. The summed E-state index contributed by atoms with van der Waals surface area (Å²) in [5.41, 5.74) is 2.48. The number of urea groups is 1. The van der Waals surface area contributed by atoms with Gasteiger partial charge < -0.3 is 15.4 Å². The van der Waals surface area contributed by atoms with Crippen molar-refractivity contribution in [2.24, 2.45) is 0 Å². The van der Waals surface area contributed by atoms with E-state index in [0.717, 1.165) is 11.1 Å². The molecule has 0 atom stereocenters. The highest BCUT2D eigenvalue weighted by molar-refractivity contribution is 5.74. The molecule has 0 unspecified atom stereocenters. The number of nitrogens with zero attached hydrogens (tertiary/aromatic N) is 2. The number of aromatic nitrogens is 2. The van der Waals surface area contributed by atoms with Crippen LogP contribution in [0.2, 0.25) is 0 Å². The van der Waals surface area contributed by atoms with Crippen LogP contribution < -0.4 is 15.4 Å². The van der Waals surface area contributed by atoms with E-state index in [4.69, 9.17) is 0 Å². The lowest BCUT2D eigenvalue weighted by Gasteiger charge is -2.13. The molecular formula is C20H20F2N4O2. The van der Waals surface area contributed by atoms with Gasteiger partial charge in [0, 0.05) is 31.0 Å². The van der Waals surface area contributed by atoms with Crippen molar-refractivity contribution in [3.8, 4) is 5.75 Å². The summed E-state index contributed by atoms with van der Waals surface area (Å²) in [5, 5.41) is 9.63. The van der Waals surface area contributed by atoms with Gasteiger partial charge in [-0.25, -0.2) is 4.79 Å². The first kappa shape index (κ1) is 19.3. The Morgan fingerprint density at radius 2 is 1.61 bits per heavy atom. The van der Waals surface area contributed by atoms with E-state index in [2.05, 4.69) is 20.5 Å². The van der Waals surface area contributed by atoms with Crippen molar-refractivity contribution >= 4 is 6.03 Å². The number of benzene rings is 2. The normalized spacial score (nSPS) is 10.7. The third-order valence-electron chi connectivity index (χ3n) is 4.08. The molecule has 0 saturated heterocycles. The second-order valence-electron chi connectivity index (χ2n) is 5.99. The molecule has 3 aromatic rings. The van der Waals surface area contributed by atoms with E-state index in [1.807, 2.05) is 36.5 Å². The van der Waals surface area contributed by atoms with Crippen molar-refractivity contribution in [3.05, 3.63) is 83.7 Å². The number of hydrogen-bond donors (Lipinski definition) is 2. The summed E-state index contributed by atoms with van der Waals surface area (Å²) in [4.78, 5) is 12.1. The fourth-order valence-electron chi connectivity index (χ4n) is 2.73. The van der Waals surface area contributed by atoms with Gasteiger partial charge in [0.25, 0.3) is 0 Å². The van der Waals surface area contributed by atoms with E-state index in [1.165, 1.54) is 6.07 Å². The smallest absolute Gasteiger partial charge is 0.387 e. The molecule has 2 aromatic carbocycles. The average Bonchev–Trinajstić information content (AvgIpc) is 3.19. The molecule has 2 N–H and O–H groups in total. The first-order valence-electron chi connectivity index (χ1n) is 8.70. The number of hydrogen-bond acceptors (Lipinski definition) is 3. The predicted octanol–water partition coefficient (Wildman–Crippen LogP) is 3.53. The highest BCUT2D eigenvalue weighted by Crippen LogP contribution is 2.19. The summed E-state index contributed by atoms with van der Waals surface area (Å²) < 4.78 is 31.2. The Bertz CT molecular complexity index is 901. The number of nitrogens with one attached hydrogen (secondary N) is 2. The Balaban J connectivity index is 1.54. The van der Waals surface area contributed by atoms with Gasteiger partial charge in [-0.15, -0.1) is 0 Å². The maximum absolute atomic E-state index is 12.5. The number of carbonyl (C=O) groups is 1. The number of amides is 2. The summed E-state index contributed by atoms with van der Waals surface area (Å²) in [7, 11) is 0. The molecule has 0 fully saturated rings. The third-order valence-corrected chi connectivity index (χ3v) is 4.08. The second-order valence-corrected chi connectivity index (χ2v) is 5.99. The monoisotopic (exact) mass is 386 g/mol. The van der Waals surface area contributed by atoms with Crippen LogP contribution in [0.1, 0.15) is 16.7 Å². The van der Waals surface area contributed by atoms with Gasteiger partial charge in [-0.2, -0.15) is 13.9 Å². The van der Waals surface area contributed by atoms with Gasteiger partial charge in [-0.05, 0) is 23.3 Å². The van der Waals surface area contributed by atoms with Crippen molar-refractivity contribution in [1.82, 2.24) is 20.4 Å². The fraction of sp³-hybridized carbons (Fsp3) is 0.200. The molecule has 146 valence electrons. The largest absolute Gasteiger partial charge is 0.434 e. The molecule has 0 saturated carbocycles.